The molecular weight excluding hydrogens is 216 g/mol. The predicted octanol–water partition coefficient (Wildman–Crippen LogP) is 0.758. The topological polar surface area (TPSA) is 116 Å². The number of carboxylic acids is 1. The summed E-state index contributed by atoms with van der Waals surface area (Å²) in [5.41, 5.74) is 6.68. The second-order valence-electron chi connectivity index (χ2n) is 3.25. The minimum atomic E-state index is -1.55. The average molecular weight is 226 g/mol. The van der Waals surface area contributed by atoms with Gasteiger partial charge < -0.3 is 14.7 Å². The van der Waals surface area contributed by atoms with Gasteiger partial charge >= 0.3 is 12.1 Å². The van der Waals surface area contributed by atoms with Crippen LogP contribution in [0.3, 0.4) is 0 Å². The molecule has 0 atom stereocenters. The molecule has 86 valence electrons. The lowest BCUT2D eigenvalue weighted by Crippen LogP contribution is -2.66. The highest BCUT2D eigenvalue weighted by Crippen LogP contribution is 2.26. The Morgan fingerprint density at radius 3 is 2.75 bits per heavy atom. The van der Waals surface area contributed by atoms with Crippen molar-refractivity contribution in [3.05, 3.63) is 23.1 Å². The number of rotatable bonds is 4. The summed E-state index contributed by atoms with van der Waals surface area (Å²) >= 11 is 0. The van der Waals surface area contributed by atoms with Gasteiger partial charge in [0.2, 0.25) is 0 Å². The van der Waals surface area contributed by atoms with Crippen molar-refractivity contribution >= 4 is 12.1 Å². The zero-order chi connectivity index (χ0) is 12.2. The number of carboxylic acid groups (broad SMARTS) is 1. The number of amides is 1. The first-order valence-corrected chi connectivity index (χ1v) is 4.38. The van der Waals surface area contributed by atoms with Crippen LogP contribution in [0.15, 0.2) is 17.8 Å². The zero-order valence-corrected chi connectivity index (χ0v) is 8.37. The van der Waals surface area contributed by atoms with Crippen LogP contribution in [-0.4, -0.2) is 47.3 Å². The lowest BCUT2D eigenvalue weighted by atomic mass is 9.92. The number of azide groups is 1. The first-order chi connectivity index (χ1) is 7.55. The fraction of sp³-hybridized carbons (Fsp3) is 0.500. The van der Waals surface area contributed by atoms with Gasteiger partial charge in [0.15, 0.2) is 5.54 Å². The highest BCUT2D eigenvalue weighted by atomic mass is 16.6. The summed E-state index contributed by atoms with van der Waals surface area (Å²) in [4.78, 5) is 25.6. The molecule has 8 heteroatoms. The number of likely N-dealkylation sites (tertiary alicyclic amines) is 1. The van der Waals surface area contributed by atoms with Crippen LogP contribution >= 0.6 is 0 Å². The Balaban J connectivity index is 2.57. The molecule has 0 aromatic heterocycles. The van der Waals surface area contributed by atoms with Gasteiger partial charge in [0, 0.05) is 18.0 Å². The maximum atomic E-state index is 11.2. The van der Waals surface area contributed by atoms with Crippen LogP contribution in [0.5, 0.6) is 0 Å². The van der Waals surface area contributed by atoms with Gasteiger partial charge in [-0.2, -0.15) is 0 Å². The Morgan fingerprint density at radius 1 is 1.69 bits per heavy atom. The number of nitrogens with zero attached hydrogens (tertiary/aromatic N) is 4. The van der Waals surface area contributed by atoms with Gasteiger partial charge in [-0.05, 0) is 5.53 Å². The normalized spacial score (nSPS) is 16.6. The van der Waals surface area contributed by atoms with Crippen LogP contribution in [0.1, 0.15) is 0 Å². The fourth-order valence-electron chi connectivity index (χ4n) is 1.26. The molecule has 1 rings (SSSR count). The summed E-state index contributed by atoms with van der Waals surface area (Å²) in [5, 5.41) is 12.0. The molecule has 0 bridgehead atoms. The van der Waals surface area contributed by atoms with Crippen LogP contribution in [0, 0.1) is 0 Å². The van der Waals surface area contributed by atoms with Crippen LogP contribution in [0.2, 0.25) is 0 Å². The van der Waals surface area contributed by atoms with Crippen molar-refractivity contribution in [2.45, 2.75) is 5.54 Å². The molecule has 0 aromatic rings. The lowest BCUT2D eigenvalue weighted by Gasteiger charge is -2.42. The molecule has 1 N–H and O–H groups in total. The third kappa shape index (κ3) is 2.06. The number of ether oxygens (including phenoxy) is 1. The van der Waals surface area contributed by atoms with E-state index in [1.54, 1.807) is 0 Å². The molecule has 0 saturated carbocycles. The van der Waals surface area contributed by atoms with Crippen LogP contribution in [0.25, 0.3) is 10.4 Å². The monoisotopic (exact) mass is 226 g/mol. The van der Waals surface area contributed by atoms with E-state index in [1.807, 2.05) is 0 Å². The smallest absolute Gasteiger partial charge is 0.410 e. The maximum Gasteiger partial charge on any atom is 0.410 e. The van der Waals surface area contributed by atoms with Gasteiger partial charge in [-0.1, -0.05) is 17.8 Å². The molecule has 0 aliphatic carbocycles. The van der Waals surface area contributed by atoms with Crippen molar-refractivity contribution in [2.24, 2.45) is 5.11 Å². The van der Waals surface area contributed by atoms with Crippen molar-refractivity contribution in [3.8, 4) is 0 Å². The first-order valence-electron chi connectivity index (χ1n) is 4.38. The highest BCUT2D eigenvalue weighted by Gasteiger charge is 2.51. The molecule has 8 nitrogen and oxygen atoms in total. The Kier molecular flexibility index (Phi) is 3.37. The molecule has 0 radical (unpaired) electrons. The molecule has 0 unspecified atom stereocenters. The highest BCUT2D eigenvalue weighted by molar-refractivity contribution is 5.84. The standard InChI is InChI=1S/C8H10N4O4/c1-2-3-16-7(15)12-4-8(5-12,6(13)14)10-11-9/h2H,1,3-5H2,(H,13,14). The average Bonchev–Trinajstić information content (AvgIpc) is 2.18. The molecular formula is C8H10N4O4. The lowest BCUT2D eigenvalue weighted by molar-refractivity contribution is -0.148. The van der Waals surface area contributed by atoms with E-state index in [2.05, 4.69) is 21.3 Å². The van der Waals surface area contributed by atoms with E-state index >= 15 is 0 Å². The third-order valence-electron chi connectivity index (χ3n) is 2.12. The summed E-state index contributed by atoms with van der Waals surface area (Å²) < 4.78 is 4.69. The summed E-state index contributed by atoms with van der Waals surface area (Å²) in [5.74, 6) is -1.25. The van der Waals surface area contributed by atoms with E-state index in [-0.39, 0.29) is 19.7 Å². The van der Waals surface area contributed by atoms with E-state index in [1.165, 1.54) is 6.08 Å². The SMILES string of the molecule is C=CCOC(=O)N1CC(N=[N+]=[N-])(C(=O)O)C1. The van der Waals surface area contributed by atoms with Crippen LogP contribution in [0.4, 0.5) is 4.79 Å². The van der Waals surface area contributed by atoms with E-state index in [4.69, 9.17) is 10.6 Å². The van der Waals surface area contributed by atoms with Crippen molar-refractivity contribution in [1.82, 2.24) is 4.90 Å². The zero-order valence-electron chi connectivity index (χ0n) is 8.37. The largest absolute Gasteiger partial charge is 0.481 e. The molecule has 16 heavy (non-hydrogen) atoms. The third-order valence-corrected chi connectivity index (χ3v) is 2.12. The second kappa shape index (κ2) is 4.54. The van der Waals surface area contributed by atoms with Crippen LogP contribution < -0.4 is 0 Å². The van der Waals surface area contributed by atoms with Crippen molar-refractivity contribution < 1.29 is 19.4 Å². The molecule has 0 spiro atoms. The molecule has 1 fully saturated rings. The van der Waals surface area contributed by atoms with E-state index in [0.717, 1.165) is 4.90 Å². The van der Waals surface area contributed by atoms with Crippen LogP contribution in [-0.2, 0) is 9.53 Å². The molecule has 1 amide bonds. The number of hydrogen-bond donors (Lipinski definition) is 1. The Bertz CT molecular complexity index is 364. The molecule has 1 aliphatic rings. The Labute approximate surface area is 90.7 Å². The van der Waals surface area contributed by atoms with Crippen molar-refractivity contribution in [2.75, 3.05) is 19.7 Å². The summed E-state index contributed by atoms with van der Waals surface area (Å²) in [7, 11) is 0. The van der Waals surface area contributed by atoms with Gasteiger partial charge in [0.1, 0.15) is 6.61 Å². The summed E-state index contributed by atoms with van der Waals surface area (Å²) in [6.45, 7) is 3.06. The van der Waals surface area contributed by atoms with Crippen molar-refractivity contribution in [3.63, 3.8) is 0 Å². The van der Waals surface area contributed by atoms with Crippen molar-refractivity contribution in [1.29, 1.82) is 0 Å². The maximum absolute atomic E-state index is 11.2. The first kappa shape index (κ1) is 11.9. The molecule has 1 saturated heterocycles. The van der Waals surface area contributed by atoms with E-state index < -0.39 is 17.6 Å². The summed E-state index contributed by atoms with van der Waals surface area (Å²) in [6, 6.07) is 0. The van der Waals surface area contributed by atoms with Gasteiger partial charge in [-0.15, -0.1) is 0 Å². The molecule has 1 aliphatic heterocycles. The van der Waals surface area contributed by atoms with E-state index in [9.17, 15) is 9.59 Å². The van der Waals surface area contributed by atoms with E-state index in [0.29, 0.717) is 0 Å². The predicted molar refractivity (Wildman–Crippen MR) is 52.6 cm³/mol. The van der Waals surface area contributed by atoms with Gasteiger partial charge in [0.05, 0.1) is 0 Å². The number of aliphatic carboxylic acids is 1. The number of carbonyl (C=O) groups excluding carboxylic acids is 1. The quantitative estimate of drug-likeness (QED) is 0.329. The van der Waals surface area contributed by atoms with Gasteiger partial charge in [-0.3, -0.25) is 4.79 Å². The molecule has 0 aromatic carbocycles. The number of carbonyl (C=O) groups is 2. The Hall–Kier alpha value is -2.21. The minimum Gasteiger partial charge on any atom is -0.481 e. The Morgan fingerprint density at radius 2 is 2.31 bits per heavy atom. The van der Waals surface area contributed by atoms with Gasteiger partial charge in [0.25, 0.3) is 0 Å². The van der Waals surface area contributed by atoms with Gasteiger partial charge in [-0.25, -0.2) is 4.79 Å². The molecule has 1 heterocycles. The number of hydrogen-bond acceptors (Lipinski definition) is 4. The summed E-state index contributed by atoms with van der Waals surface area (Å²) in [6.07, 6.45) is 0.750. The minimum absolute atomic E-state index is 0.0525. The fourth-order valence-corrected chi connectivity index (χ4v) is 1.26. The second-order valence-corrected chi connectivity index (χ2v) is 3.25.